The lowest BCUT2D eigenvalue weighted by Crippen LogP contribution is -2.44. The van der Waals surface area contributed by atoms with E-state index in [1.807, 2.05) is 44.2 Å². The fraction of sp³-hybridized carbons (Fsp3) is 0.320. The van der Waals surface area contributed by atoms with E-state index in [0.29, 0.717) is 29.9 Å². The van der Waals surface area contributed by atoms with E-state index in [1.165, 1.54) is 0 Å². The van der Waals surface area contributed by atoms with Gasteiger partial charge in [0, 0.05) is 53.0 Å². The Labute approximate surface area is 192 Å². The summed E-state index contributed by atoms with van der Waals surface area (Å²) < 4.78 is 0. The van der Waals surface area contributed by atoms with Crippen LogP contribution in [-0.2, 0) is 15.0 Å². The number of allylic oxidation sites excluding steroid dienone is 1. The fourth-order valence-corrected chi connectivity index (χ4v) is 4.89. The zero-order chi connectivity index (χ0) is 23.1. The van der Waals surface area contributed by atoms with Gasteiger partial charge in [0.25, 0.3) is 0 Å². The number of ketones is 1. The zero-order valence-corrected chi connectivity index (χ0v) is 19.1. The second kappa shape index (κ2) is 8.10. The smallest absolute Gasteiger partial charge is 0.224 e. The van der Waals surface area contributed by atoms with Gasteiger partial charge in [-0.2, -0.15) is 0 Å². The largest absolute Gasteiger partial charge is 0.398 e. The highest BCUT2D eigenvalue weighted by Gasteiger charge is 2.50. The predicted molar refractivity (Wildman–Crippen MR) is 131 cm³/mol. The summed E-state index contributed by atoms with van der Waals surface area (Å²) in [5.74, 6) is -0.171. The van der Waals surface area contributed by atoms with Crippen molar-refractivity contribution >= 4 is 51.7 Å². The van der Waals surface area contributed by atoms with Crippen LogP contribution in [0.5, 0.6) is 0 Å². The van der Waals surface area contributed by atoms with Gasteiger partial charge in [0.1, 0.15) is 5.54 Å². The van der Waals surface area contributed by atoms with Crippen LogP contribution in [0.1, 0.15) is 32.3 Å². The van der Waals surface area contributed by atoms with E-state index in [4.69, 9.17) is 17.3 Å². The number of nitrogens with two attached hydrogens (primary N) is 1. The minimum atomic E-state index is -0.998. The van der Waals surface area contributed by atoms with Crippen LogP contribution in [-0.4, -0.2) is 35.9 Å². The molecule has 0 bridgehead atoms. The summed E-state index contributed by atoms with van der Waals surface area (Å²) >= 11 is 6.51. The van der Waals surface area contributed by atoms with Crippen LogP contribution in [0.3, 0.4) is 0 Å². The molecule has 2 aliphatic heterocycles. The van der Waals surface area contributed by atoms with Crippen molar-refractivity contribution in [3.05, 3.63) is 59.8 Å². The summed E-state index contributed by atoms with van der Waals surface area (Å²) in [7, 11) is 0. The SMILES string of the molecule is C=C(C(=O)C1(CCl)CNc2cc(N)c3ccccc3c21)C1(C)C=C(NC(=O)CCC)C=N1. The van der Waals surface area contributed by atoms with Gasteiger partial charge in [-0.15, -0.1) is 11.6 Å². The van der Waals surface area contributed by atoms with Crippen molar-refractivity contribution in [2.24, 2.45) is 4.99 Å². The molecule has 2 heterocycles. The molecule has 0 fully saturated rings. The summed E-state index contributed by atoms with van der Waals surface area (Å²) in [4.78, 5) is 30.5. The minimum Gasteiger partial charge on any atom is -0.398 e. The van der Waals surface area contributed by atoms with Crippen LogP contribution in [0.15, 0.2) is 59.2 Å². The third-order valence-corrected chi connectivity index (χ3v) is 6.81. The Morgan fingerprint density at radius 1 is 1.31 bits per heavy atom. The second-order valence-electron chi connectivity index (χ2n) is 8.61. The van der Waals surface area contributed by atoms with Gasteiger partial charge >= 0.3 is 0 Å². The first kappa shape index (κ1) is 22.1. The molecule has 2 atom stereocenters. The normalized spacial score (nSPS) is 23.5. The molecule has 6 nitrogen and oxygen atoms in total. The third-order valence-electron chi connectivity index (χ3n) is 6.35. The van der Waals surface area contributed by atoms with Gasteiger partial charge in [-0.05, 0) is 30.9 Å². The molecule has 2 unspecified atom stereocenters. The van der Waals surface area contributed by atoms with E-state index in [2.05, 4.69) is 22.2 Å². The summed E-state index contributed by atoms with van der Waals surface area (Å²) in [5, 5.41) is 7.95. The summed E-state index contributed by atoms with van der Waals surface area (Å²) in [6.07, 6.45) is 4.53. The van der Waals surface area contributed by atoms with Gasteiger partial charge < -0.3 is 16.4 Å². The van der Waals surface area contributed by atoms with Crippen LogP contribution in [0.2, 0.25) is 0 Å². The number of anilines is 2. The number of halogens is 1. The maximum atomic E-state index is 14.0. The topological polar surface area (TPSA) is 96.6 Å². The molecule has 0 spiro atoms. The molecule has 0 aromatic heterocycles. The van der Waals surface area contributed by atoms with Crippen molar-refractivity contribution in [3.8, 4) is 0 Å². The molecule has 7 heteroatoms. The Balaban J connectivity index is 1.72. The highest BCUT2D eigenvalue weighted by atomic mass is 35.5. The number of aliphatic imine (C=N–C) groups is 1. The maximum Gasteiger partial charge on any atom is 0.224 e. The first-order chi connectivity index (χ1) is 15.3. The third kappa shape index (κ3) is 3.39. The average molecular weight is 451 g/mol. The Morgan fingerprint density at radius 3 is 2.72 bits per heavy atom. The molecule has 4 N–H and O–H groups in total. The standard InChI is InChI=1S/C25H27ClN4O2/c1-4-7-21(31)30-16-11-24(3,29-12-16)15(2)23(32)25(13-26)14-28-20-10-19(27)17-8-5-6-9-18(17)22(20)25/h5-6,8-12,28H,2,4,7,13-14,27H2,1,3H3,(H,30,31). The Morgan fingerprint density at radius 2 is 2.03 bits per heavy atom. The van der Waals surface area contributed by atoms with Gasteiger partial charge in [0.05, 0.1) is 11.1 Å². The lowest BCUT2D eigenvalue weighted by atomic mass is 9.72. The number of Topliss-reactive ketones (excluding diaryl/α,β-unsaturated/α-hetero) is 1. The number of rotatable bonds is 7. The van der Waals surface area contributed by atoms with E-state index in [0.717, 1.165) is 28.4 Å². The highest BCUT2D eigenvalue weighted by molar-refractivity contribution is 6.24. The quantitative estimate of drug-likeness (QED) is 0.336. The van der Waals surface area contributed by atoms with E-state index in [1.54, 1.807) is 12.3 Å². The first-order valence-electron chi connectivity index (χ1n) is 10.7. The van der Waals surface area contributed by atoms with Gasteiger partial charge in [-0.25, -0.2) is 0 Å². The molecule has 166 valence electrons. The summed E-state index contributed by atoms with van der Waals surface area (Å²) in [6, 6.07) is 9.61. The number of carbonyl (C=O) groups is 2. The van der Waals surface area contributed by atoms with Gasteiger partial charge in [0.2, 0.25) is 5.91 Å². The van der Waals surface area contributed by atoms with E-state index in [9.17, 15) is 9.59 Å². The molecule has 2 aromatic carbocycles. The van der Waals surface area contributed by atoms with Gasteiger partial charge in [-0.1, -0.05) is 37.8 Å². The molecular formula is C25H27ClN4O2. The maximum absolute atomic E-state index is 14.0. The van der Waals surface area contributed by atoms with Crippen molar-refractivity contribution in [2.45, 2.75) is 37.6 Å². The minimum absolute atomic E-state index is 0.0819. The van der Waals surface area contributed by atoms with Crippen molar-refractivity contribution in [1.29, 1.82) is 0 Å². The first-order valence-corrected chi connectivity index (χ1v) is 11.2. The number of benzene rings is 2. The van der Waals surface area contributed by atoms with Gasteiger partial charge in [0.15, 0.2) is 5.78 Å². The molecule has 32 heavy (non-hydrogen) atoms. The number of nitrogens with zero attached hydrogens (tertiary/aromatic N) is 1. The summed E-state index contributed by atoms with van der Waals surface area (Å²) in [5.41, 5.74) is 7.49. The Hall–Kier alpha value is -3.12. The molecule has 0 saturated heterocycles. The van der Waals surface area contributed by atoms with Crippen LogP contribution >= 0.6 is 11.6 Å². The number of nitrogens with one attached hydrogen (secondary N) is 2. The number of fused-ring (bicyclic) bond motifs is 3. The monoisotopic (exact) mass is 450 g/mol. The molecule has 2 aromatic rings. The fourth-order valence-electron chi connectivity index (χ4n) is 4.54. The number of nitrogen functional groups attached to an aromatic ring is 1. The molecular weight excluding hydrogens is 424 g/mol. The predicted octanol–water partition coefficient (Wildman–Crippen LogP) is 4.09. The molecule has 2 aliphatic rings. The van der Waals surface area contributed by atoms with Gasteiger partial charge in [-0.3, -0.25) is 14.6 Å². The number of hydrogen-bond acceptors (Lipinski definition) is 5. The summed E-state index contributed by atoms with van der Waals surface area (Å²) in [6.45, 7) is 8.24. The van der Waals surface area contributed by atoms with Crippen molar-refractivity contribution in [1.82, 2.24) is 5.32 Å². The zero-order valence-electron chi connectivity index (χ0n) is 18.3. The highest BCUT2D eigenvalue weighted by Crippen LogP contribution is 2.47. The number of carbonyl (C=O) groups excluding carboxylic acids is 2. The lowest BCUT2D eigenvalue weighted by molar-refractivity contribution is -0.120. The number of amides is 1. The Bertz CT molecular complexity index is 1200. The van der Waals surface area contributed by atoms with E-state index >= 15 is 0 Å². The van der Waals surface area contributed by atoms with Crippen LogP contribution < -0.4 is 16.4 Å². The van der Waals surface area contributed by atoms with Crippen molar-refractivity contribution in [2.75, 3.05) is 23.5 Å². The second-order valence-corrected chi connectivity index (χ2v) is 8.88. The number of hydrogen-bond donors (Lipinski definition) is 3. The molecule has 1 amide bonds. The van der Waals surface area contributed by atoms with E-state index in [-0.39, 0.29) is 17.6 Å². The van der Waals surface area contributed by atoms with Crippen molar-refractivity contribution < 1.29 is 9.59 Å². The molecule has 4 rings (SSSR count). The molecule has 0 aliphatic carbocycles. The van der Waals surface area contributed by atoms with Crippen LogP contribution in [0, 0.1) is 0 Å². The van der Waals surface area contributed by atoms with Crippen molar-refractivity contribution in [3.63, 3.8) is 0 Å². The van der Waals surface area contributed by atoms with E-state index < -0.39 is 11.0 Å². The lowest BCUT2D eigenvalue weighted by Gasteiger charge is -2.31. The van der Waals surface area contributed by atoms with Crippen LogP contribution in [0.25, 0.3) is 10.8 Å². The number of alkyl halides is 1. The van der Waals surface area contributed by atoms with Crippen LogP contribution in [0.4, 0.5) is 11.4 Å². The molecule has 0 saturated carbocycles. The Kier molecular flexibility index (Phi) is 5.59. The molecule has 0 radical (unpaired) electrons. The average Bonchev–Trinajstić information content (AvgIpc) is 3.35.